The van der Waals surface area contributed by atoms with E-state index in [9.17, 15) is 10.1 Å². The largest absolute Gasteiger partial charge is 0.395 e. The minimum absolute atomic E-state index is 0.0185. The second-order valence-corrected chi connectivity index (χ2v) is 5.15. The lowest BCUT2D eigenvalue weighted by molar-refractivity contribution is -0.384. The van der Waals surface area contributed by atoms with Crippen molar-refractivity contribution in [2.75, 3.05) is 44.2 Å². The zero-order chi connectivity index (χ0) is 13.8. The maximum absolute atomic E-state index is 11.1. The molecule has 0 bridgehead atoms. The summed E-state index contributed by atoms with van der Waals surface area (Å²) in [6, 6.07) is 0. The number of rotatable bonds is 4. The van der Waals surface area contributed by atoms with E-state index in [0.29, 0.717) is 29.8 Å². The molecule has 0 atom stereocenters. The fraction of sp³-hybridized carbons (Fsp3) is 0.545. The maximum Gasteiger partial charge on any atom is 0.311 e. The second-order valence-electron chi connectivity index (χ2n) is 4.30. The van der Waals surface area contributed by atoms with E-state index in [1.54, 1.807) is 6.20 Å². The number of aliphatic hydroxyl groups excluding tert-OH is 1. The molecule has 1 aliphatic rings. The third-order valence-electron chi connectivity index (χ3n) is 3.15. The molecule has 0 unspecified atom stereocenters. The van der Waals surface area contributed by atoms with Crippen molar-refractivity contribution in [3.63, 3.8) is 0 Å². The number of nitro groups is 1. The molecular weight excluding hydrogens is 316 g/mol. The molecule has 0 saturated carbocycles. The van der Waals surface area contributed by atoms with Gasteiger partial charge in [0, 0.05) is 38.9 Å². The Bertz CT molecular complexity index is 463. The molecule has 1 aliphatic heterocycles. The van der Waals surface area contributed by atoms with E-state index in [2.05, 4.69) is 25.8 Å². The van der Waals surface area contributed by atoms with Gasteiger partial charge in [-0.15, -0.1) is 0 Å². The molecule has 1 saturated heterocycles. The summed E-state index contributed by atoms with van der Waals surface area (Å²) in [5, 5.41) is 20.0. The summed E-state index contributed by atoms with van der Waals surface area (Å²) in [4.78, 5) is 18.6. The van der Waals surface area contributed by atoms with Gasteiger partial charge in [0.25, 0.3) is 0 Å². The number of aromatic nitrogens is 1. The van der Waals surface area contributed by atoms with Gasteiger partial charge in [-0.2, -0.15) is 0 Å². The third-order valence-corrected chi connectivity index (χ3v) is 3.74. The highest BCUT2D eigenvalue weighted by atomic mass is 79.9. The molecule has 2 rings (SSSR count). The van der Waals surface area contributed by atoms with E-state index < -0.39 is 4.92 Å². The van der Waals surface area contributed by atoms with Crippen LogP contribution in [0.4, 0.5) is 11.4 Å². The molecule has 1 fully saturated rings. The number of hydrogen-bond donors (Lipinski definition) is 1. The monoisotopic (exact) mass is 330 g/mol. The van der Waals surface area contributed by atoms with Crippen molar-refractivity contribution < 1.29 is 10.0 Å². The first-order valence-electron chi connectivity index (χ1n) is 5.99. The van der Waals surface area contributed by atoms with Gasteiger partial charge in [0.1, 0.15) is 11.9 Å². The minimum Gasteiger partial charge on any atom is -0.395 e. The number of hydrogen-bond acceptors (Lipinski definition) is 6. The van der Waals surface area contributed by atoms with Gasteiger partial charge in [0.15, 0.2) is 0 Å². The molecule has 7 nitrogen and oxygen atoms in total. The van der Waals surface area contributed by atoms with E-state index in [0.717, 1.165) is 13.1 Å². The predicted octanol–water partition coefficient (Wildman–Crippen LogP) is 0.867. The summed E-state index contributed by atoms with van der Waals surface area (Å²) >= 11 is 3.33. The van der Waals surface area contributed by atoms with Crippen LogP contribution in [-0.4, -0.2) is 59.2 Å². The molecular formula is C11H15BrN4O3. The van der Waals surface area contributed by atoms with Crippen LogP contribution >= 0.6 is 15.9 Å². The Morgan fingerprint density at radius 3 is 2.63 bits per heavy atom. The Kier molecular flexibility index (Phi) is 4.67. The van der Waals surface area contributed by atoms with Crippen molar-refractivity contribution in [1.29, 1.82) is 0 Å². The fourth-order valence-corrected chi connectivity index (χ4v) is 2.77. The number of nitrogens with zero attached hydrogens (tertiary/aromatic N) is 4. The van der Waals surface area contributed by atoms with Crippen molar-refractivity contribution in [3.05, 3.63) is 27.0 Å². The van der Waals surface area contributed by atoms with Gasteiger partial charge in [0.2, 0.25) is 0 Å². The van der Waals surface area contributed by atoms with Crippen LogP contribution < -0.4 is 4.90 Å². The van der Waals surface area contributed by atoms with Crippen LogP contribution in [0.15, 0.2) is 16.9 Å². The number of anilines is 1. The van der Waals surface area contributed by atoms with Crippen molar-refractivity contribution in [1.82, 2.24) is 9.88 Å². The van der Waals surface area contributed by atoms with Crippen LogP contribution in [0.25, 0.3) is 0 Å². The van der Waals surface area contributed by atoms with Gasteiger partial charge in [-0.25, -0.2) is 0 Å². The highest BCUT2D eigenvalue weighted by Crippen LogP contribution is 2.35. The lowest BCUT2D eigenvalue weighted by atomic mass is 10.2. The molecule has 1 aromatic heterocycles. The molecule has 2 heterocycles. The van der Waals surface area contributed by atoms with Gasteiger partial charge in [-0.1, -0.05) is 0 Å². The van der Waals surface area contributed by atoms with Crippen molar-refractivity contribution in [3.8, 4) is 0 Å². The number of halogens is 1. The summed E-state index contributed by atoms with van der Waals surface area (Å²) in [5.41, 5.74) is 0.605. The molecule has 8 heteroatoms. The fourth-order valence-electron chi connectivity index (χ4n) is 2.20. The van der Waals surface area contributed by atoms with Gasteiger partial charge in [-0.05, 0) is 15.9 Å². The molecule has 0 aromatic carbocycles. The first-order valence-corrected chi connectivity index (χ1v) is 6.79. The molecule has 0 amide bonds. The molecule has 0 spiro atoms. The number of aliphatic hydroxyl groups is 1. The average Bonchev–Trinajstić information content (AvgIpc) is 2.40. The normalized spacial score (nSPS) is 16.6. The molecule has 0 aliphatic carbocycles. The average molecular weight is 331 g/mol. The van der Waals surface area contributed by atoms with Gasteiger partial charge in [-0.3, -0.25) is 20.0 Å². The lowest BCUT2D eigenvalue weighted by Crippen LogP contribution is -2.47. The van der Waals surface area contributed by atoms with Crippen LogP contribution in [-0.2, 0) is 0 Å². The first kappa shape index (κ1) is 14.2. The van der Waals surface area contributed by atoms with E-state index in [1.807, 2.05) is 4.90 Å². The Morgan fingerprint density at radius 2 is 2.05 bits per heavy atom. The second kappa shape index (κ2) is 6.27. The van der Waals surface area contributed by atoms with Crippen molar-refractivity contribution in [2.45, 2.75) is 0 Å². The van der Waals surface area contributed by atoms with Crippen molar-refractivity contribution in [2.24, 2.45) is 0 Å². The molecule has 19 heavy (non-hydrogen) atoms. The highest BCUT2D eigenvalue weighted by Gasteiger charge is 2.26. The molecule has 104 valence electrons. The zero-order valence-corrected chi connectivity index (χ0v) is 11.9. The van der Waals surface area contributed by atoms with E-state index in [4.69, 9.17) is 5.11 Å². The Balaban J connectivity index is 2.17. The first-order chi connectivity index (χ1) is 9.13. The van der Waals surface area contributed by atoms with Crippen LogP contribution in [0.2, 0.25) is 0 Å². The summed E-state index contributed by atoms with van der Waals surface area (Å²) in [7, 11) is 0. The number of pyridine rings is 1. The van der Waals surface area contributed by atoms with Gasteiger partial charge >= 0.3 is 5.69 Å². The van der Waals surface area contributed by atoms with E-state index in [-0.39, 0.29) is 12.3 Å². The van der Waals surface area contributed by atoms with E-state index in [1.165, 1.54) is 6.20 Å². The number of β-amino-alcohol motifs (C(OH)–C–C–N with tert-alkyl or cyclic N) is 1. The summed E-state index contributed by atoms with van der Waals surface area (Å²) in [6.45, 7) is 3.75. The Morgan fingerprint density at radius 1 is 1.37 bits per heavy atom. The number of piperazine rings is 1. The summed E-state index contributed by atoms with van der Waals surface area (Å²) in [5.74, 6) is 0. The molecule has 0 radical (unpaired) electrons. The minimum atomic E-state index is -0.410. The van der Waals surface area contributed by atoms with Crippen LogP contribution in [0.5, 0.6) is 0 Å². The smallest absolute Gasteiger partial charge is 0.311 e. The Hall–Kier alpha value is -1.25. The van der Waals surface area contributed by atoms with Gasteiger partial charge < -0.3 is 10.0 Å². The van der Waals surface area contributed by atoms with Crippen LogP contribution in [0, 0.1) is 10.1 Å². The summed E-state index contributed by atoms with van der Waals surface area (Å²) < 4.78 is 0.636. The van der Waals surface area contributed by atoms with Crippen molar-refractivity contribution >= 4 is 27.3 Å². The standard InChI is InChI=1S/C11H15BrN4O3/c12-9-7-13-8-10(16(18)19)11(9)15-3-1-14(2-4-15)5-6-17/h7-8,17H,1-6H2. The molecule has 1 aromatic rings. The zero-order valence-electron chi connectivity index (χ0n) is 10.3. The van der Waals surface area contributed by atoms with Crippen LogP contribution in [0.1, 0.15) is 0 Å². The highest BCUT2D eigenvalue weighted by molar-refractivity contribution is 9.10. The third kappa shape index (κ3) is 3.20. The van der Waals surface area contributed by atoms with Crippen LogP contribution in [0.3, 0.4) is 0 Å². The quantitative estimate of drug-likeness (QED) is 0.651. The maximum atomic E-state index is 11.1. The van der Waals surface area contributed by atoms with Gasteiger partial charge in [0.05, 0.1) is 16.0 Å². The lowest BCUT2D eigenvalue weighted by Gasteiger charge is -2.35. The van der Waals surface area contributed by atoms with E-state index >= 15 is 0 Å². The molecule has 1 N–H and O–H groups in total. The summed E-state index contributed by atoms with van der Waals surface area (Å²) in [6.07, 6.45) is 2.85. The SMILES string of the molecule is O=[N+]([O-])c1cncc(Br)c1N1CCN(CCO)CC1. The predicted molar refractivity (Wildman–Crippen MR) is 74.3 cm³/mol. The Labute approximate surface area is 119 Å². The topological polar surface area (TPSA) is 82.7 Å².